The molecule has 0 saturated carbocycles. The maximum atomic E-state index is 5.71. The summed E-state index contributed by atoms with van der Waals surface area (Å²) in [5.74, 6) is 6.24. The van der Waals surface area contributed by atoms with Crippen LogP contribution in [0.2, 0.25) is 5.22 Å². The van der Waals surface area contributed by atoms with Gasteiger partial charge in [0, 0.05) is 0 Å². The summed E-state index contributed by atoms with van der Waals surface area (Å²) in [5, 5.41) is 4.52. The summed E-state index contributed by atoms with van der Waals surface area (Å²) in [7, 11) is 0. The van der Waals surface area contributed by atoms with Gasteiger partial charge in [0.25, 0.3) is 0 Å². The zero-order chi connectivity index (χ0) is 10.7. The lowest BCUT2D eigenvalue weighted by atomic mass is 10.1. The molecule has 0 aliphatic rings. The fourth-order valence-electron chi connectivity index (χ4n) is 1.40. The standard InChI is InChI=1S/C10H11ClN2OS/c11-10-2-1-9(14-10)8(13-12)5-7-3-4-15-6-7/h1-4,6,8,13H,5,12H2. The number of thiophene rings is 1. The minimum absolute atomic E-state index is 0.0351. The molecule has 1 atom stereocenters. The fraction of sp³-hybridized carbons (Fsp3) is 0.200. The van der Waals surface area contributed by atoms with Crippen LogP contribution in [0.5, 0.6) is 0 Å². The largest absolute Gasteiger partial charge is 0.448 e. The first-order valence-electron chi connectivity index (χ1n) is 4.52. The van der Waals surface area contributed by atoms with Gasteiger partial charge in [-0.3, -0.25) is 5.84 Å². The Kier molecular flexibility index (Phi) is 3.43. The van der Waals surface area contributed by atoms with E-state index in [0.29, 0.717) is 5.22 Å². The van der Waals surface area contributed by atoms with Gasteiger partial charge in [-0.2, -0.15) is 11.3 Å². The van der Waals surface area contributed by atoms with Crippen LogP contribution in [0.25, 0.3) is 0 Å². The molecule has 15 heavy (non-hydrogen) atoms. The van der Waals surface area contributed by atoms with Crippen molar-refractivity contribution < 1.29 is 4.42 Å². The Balaban J connectivity index is 2.11. The van der Waals surface area contributed by atoms with Gasteiger partial charge in [-0.15, -0.1) is 0 Å². The van der Waals surface area contributed by atoms with E-state index >= 15 is 0 Å². The van der Waals surface area contributed by atoms with E-state index in [0.717, 1.165) is 12.2 Å². The third-order valence-electron chi connectivity index (χ3n) is 2.16. The van der Waals surface area contributed by atoms with Gasteiger partial charge in [0.05, 0.1) is 6.04 Å². The molecule has 2 aromatic rings. The van der Waals surface area contributed by atoms with Crippen molar-refractivity contribution in [1.29, 1.82) is 0 Å². The Labute approximate surface area is 96.8 Å². The smallest absolute Gasteiger partial charge is 0.193 e. The van der Waals surface area contributed by atoms with Crippen LogP contribution in [0.15, 0.2) is 33.4 Å². The van der Waals surface area contributed by atoms with Gasteiger partial charge in [-0.25, -0.2) is 5.43 Å². The summed E-state index contributed by atoms with van der Waals surface area (Å²) in [6.45, 7) is 0. The van der Waals surface area contributed by atoms with E-state index in [1.165, 1.54) is 5.56 Å². The summed E-state index contributed by atoms with van der Waals surface area (Å²) in [6.07, 6.45) is 0.795. The first kappa shape index (κ1) is 10.7. The first-order chi connectivity index (χ1) is 7.29. The molecule has 2 heterocycles. The number of nitrogens with two attached hydrogens (primary N) is 1. The topological polar surface area (TPSA) is 51.2 Å². The molecule has 0 spiro atoms. The average Bonchev–Trinajstić information content (AvgIpc) is 2.85. The van der Waals surface area contributed by atoms with E-state index in [9.17, 15) is 0 Å². The maximum absolute atomic E-state index is 5.71. The van der Waals surface area contributed by atoms with E-state index in [1.54, 1.807) is 17.4 Å². The quantitative estimate of drug-likeness (QED) is 0.640. The summed E-state index contributed by atoms with van der Waals surface area (Å²) in [4.78, 5) is 0. The van der Waals surface area contributed by atoms with Crippen LogP contribution >= 0.6 is 22.9 Å². The first-order valence-corrected chi connectivity index (χ1v) is 5.84. The number of hydrazine groups is 1. The molecular weight excluding hydrogens is 232 g/mol. The number of hydrogen-bond acceptors (Lipinski definition) is 4. The molecule has 0 aromatic carbocycles. The second-order valence-electron chi connectivity index (χ2n) is 3.20. The van der Waals surface area contributed by atoms with Crippen molar-refractivity contribution in [2.75, 3.05) is 0 Å². The molecule has 0 fully saturated rings. The second-order valence-corrected chi connectivity index (χ2v) is 4.35. The van der Waals surface area contributed by atoms with Gasteiger partial charge in [-0.05, 0) is 52.5 Å². The predicted octanol–water partition coefficient (Wildman–Crippen LogP) is 2.74. The zero-order valence-electron chi connectivity index (χ0n) is 7.94. The van der Waals surface area contributed by atoms with Gasteiger partial charge in [-0.1, -0.05) is 0 Å². The number of nitrogens with one attached hydrogen (secondary N) is 1. The third kappa shape index (κ3) is 2.60. The van der Waals surface area contributed by atoms with Crippen LogP contribution in [0.4, 0.5) is 0 Å². The number of halogens is 1. The summed E-state index contributed by atoms with van der Waals surface area (Å²) in [5.41, 5.74) is 3.95. The summed E-state index contributed by atoms with van der Waals surface area (Å²) in [6, 6.07) is 5.58. The molecule has 3 nitrogen and oxygen atoms in total. The van der Waals surface area contributed by atoms with E-state index in [2.05, 4.69) is 16.9 Å². The van der Waals surface area contributed by atoms with Crippen molar-refractivity contribution in [2.45, 2.75) is 12.5 Å². The van der Waals surface area contributed by atoms with Gasteiger partial charge < -0.3 is 4.42 Å². The Morgan fingerprint density at radius 3 is 2.87 bits per heavy atom. The normalized spacial score (nSPS) is 12.9. The van der Waals surface area contributed by atoms with E-state index in [4.69, 9.17) is 21.9 Å². The number of furan rings is 1. The van der Waals surface area contributed by atoms with Gasteiger partial charge in [0.1, 0.15) is 5.76 Å². The Morgan fingerprint density at radius 1 is 1.47 bits per heavy atom. The molecule has 0 radical (unpaired) electrons. The molecule has 1 unspecified atom stereocenters. The third-order valence-corrected chi connectivity index (χ3v) is 3.09. The summed E-state index contributed by atoms with van der Waals surface area (Å²) >= 11 is 7.38. The van der Waals surface area contributed by atoms with Crippen molar-refractivity contribution in [2.24, 2.45) is 5.84 Å². The molecule has 0 saturated heterocycles. The lowest BCUT2D eigenvalue weighted by molar-refractivity contribution is 0.417. The zero-order valence-corrected chi connectivity index (χ0v) is 9.52. The summed E-state index contributed by atoms with van der Waals surface area (Å²) < 4.78 is 5.31. The van der Waals surface area contributed by atoms with Crippen LogP contribution in [-0.4, -0.2) is 0 Å². The molecule has 0 aliphatic heterocycles. The monoisotopic (exact) mass is 242 g/mol. The van der Waals surface area contributed by atoms with Gasteiger partial charge in [0.15, 0.2) is 5.22 Å². The lowest BCUT2D eigenvalue weighted by Crippen LogP contribution is -2.29. The highest BCUT2D eigenvalue weighted by molar-refractivity contribution is 7.07. The van der Waals surface area contributed by atoms with Crippen LogP contribution in [0.1, 0.15) is 17.4 Å². The fourth-order valence-corrected chi connectivity index (χ4v) is 2.24. The molecule has 0 aliphatic carbocycles. The van der Waals surface area contributed by atoms with Crippen LogP contribution in [0, 0.1) is 0 Å². The predicted molar refractivity (Wildman–Crippen MR) is 61.8 cm³/mol. The molecule has 3 N–H and O–H groups in total. The lowest BCUT2D eigenvalue weighted by Gasteiger charge is -2.11. The highest BCUT2D eigenvalue weighted by Gasteiger charge is 2.14. The van der Waals surface area contributed by atoms with Crippen LogP contribution < -0.4 is 11.3 Å². The molecule has 2 aromatic heterocycles. The number of hydrogen-bond donors (Lipinski definition) is 2. The van der Waals surface area contributed by atoms with Crippen molar-refractivity contribution >= 4 is 22.9 Å². The van der Waals surface area contributed by atoms with Crippen LogP contribution in [-0.2, 0) is 6.42 Å². The van der Waals surface area contributed by atoms with Gasteiger partial charge >= 0.3 is 0 Å². The van der Waals surface area contributed by atoms with Crippen molar-refractivity contribution in [3.05, 3.63) is 45.5 Å². The Bertz CT molecular complexity index is 413. The Hall–Kier alpha value is -0.810. The molecular formula is C10H11ClN2OS. The Morgan fingerprint density at radius 2 is 2.33 bits per heavy atom. The minimum Gasteiger partial charge on any atom is -0.448 e. The minimum atomic E-state index is -0.0351. The highest BCUT2D eigenvalue weighted by Crippen LogP contribution is 2.23. The molecule has 0 bridgehead atoms. The molecule has 80 valence electrons. The van der Waals surface area contributed by atoms with Gasteiger partial charge in [0.2, 0.25) is 0 Å². The van der Waals surface area contributed by atoms with E-state index < -0.39 is 0 Å². The average molecular weight is 243 g/mol. The van der Waals surface area contributed by atoms with Crippen LogP contribution in [0.3, 0.4) is 0 Å². The van der Waals surface area contributed by atoms with Crippen molar-refractivity contribution in [3.8, 4) is 0 Å². The maximum Gasteiger partial charge on any atom is 0.193 e. The molecule has 5 heteroatoms. The number of rotatable bonds is 4. The van der Waals surface area contributed by atoms with E-state index in [1.807, 2.05) is 11.4 Å². The van der Waals surface area contributed by atoms with Crippen molar-refractivity contribution in [1.82, 2.24) is 5.43 Å². The van der Waals surface area contributed by atoms with E-state index in [-0.39, 0.29) is 6.04 Å². The second kappa shape index (κ2) is 4.81. The molecule has 0 amide bonds. The highest BCUT2D eigenvalue weighted by atomic mass is 35.5. The molecule has 2 rings (SSSR count). The van der Waals surface area contributed by atoms with Crippen molar-refractivity contribution in [3.63, 3.8) is 0 Å². The SMILES string of the molecule is NNC(Cc1ccsc1)c1ccc(Cl)o1.